The Kier molecular flexibility index (Phi) is 6.18. The van der Waals surface area contributed by atoms with Gasteiger partial charge in [-0.3, -0.25) is 0 Å². The van der Waals surface area contributed by atoms with Gasteiger partial charge in [0.15, 0.2) is 17.5 Å². The van der Waals surface area contributed by atoms with Gasteiger partial charge in [0, 0.05) is 6.04 Å². The molecule has 0 spiro atoms. The lowest BCUT2D eigenvalue weighted by Crippen LogP contribution is -2.31. The Bertz CT molecular complexity index is 567. The SMILES string of the molecule is CC(C)OCCS(=O)(=O)N[C@@H](C)c1cc(F)c(F)c(F)c1. The second-order valence-electron chi connectivity index (χ2n) is 4.88. The van der Waals surface area contributed by atoms with Crippen molar-refractivity contribution in [1.82, 2.24) is 4.72 Å². The van der Waals surface area contributed by atoms with Gasteiger partial charge in [0.25, 0.3) is 0 Å². The molecule has 0 fully saturated rings. The highest BCUT2D eigenvalue weighted by Gasteiger charge is 2.19. The van der Waals surface area contributed by atoms with Gasteiger partial charge in [-0.15, -0.1) is 0 Å². The normalized spacial score (nSPS) is 13.7. The summed E-state index contributed by atoms with van der Waals surface area (Å²) in [6.07, 6.45) is -0.0992. The minimum Gasteiger partial charge on any atom is -0.378 e. The molecule has 0 amide bonds. The molecule has 0 unspecified atom stereocenters. The van der Waals surface area contributed by atoms with Crippen LogP contribution in [0, 0.1) is 17.5 Å². The van der Waals surface area contributed by atoms with E-state index in [1.807, 2.05) is 0 Å². The van der Waals surface area contributed by atoms with Crippen molar-refractivity contribution in [2.24, 2.45) is 0 Å². The summed E-state index contributed by atoms with van der Waals surface area (Å²) in [5, 5.41) is 0. The van der Waals surface area contributed by atoms with Gasteiger partial charge in [0.05, 0.1) is 18.5 Å². The maximum absolute atomic E-state index is 13.1. The first-order valence-corrected chi connectivity index (χ1v) is 8.03. The minimum absolute atomic E-state index is 0.000229. The summed E-state index contributed by atoms with van der Waals surface area (Å²) in [6.45, 7) is 4.96. The van der Waals surface area contributed by atoms with E-state index in [1.54, 1.807) is 13.8 Å². The summed E-state index contributed by atoms with van der Waals surface area (Å²) in [7, 11) is -3.67. The first-order chi connectivity index (χ1) is 9.62. The average molecular weight is 325 g/mol. The summed E-state index contributed by atoms with van der Waals surface area (Å²) in [5.41, 5.74) is -0.000229. The lowest BCUT2D eigenvalue weighted by atomic mass is 10.1. The zero-order chi connectivity index (χ0) is 16.2. The van der Waals surface area contributed by atoms with Crippen LogP contribution in [0.3, 0.4) is 0 Å². The molecular weight excluding hydrogens is 307 g/mol. The van der Waals surface area contributed by atoms with Crippen molar-refractivity contribution in [3.63, 3.8) is 0 Å². The quantitative estimate of drug-likeness (QED) is 0.784. The topological polar surface area (TPSA) is 55.4 Å². The summed E-state index contributed by atoms with van der Waals surface area (Å²) in [5.74, 6) is -4.58. The smallest absolute Gasteiger partial charge is 0.214 e. The van der Waals surface area contributed by atoms with E-state index in [2.05, 4.69) is 4.72 Å². The molecule has 1 rings (SSSR count). The highest BCUT2D eigenvalue weighted by atomic mass is 32.2. The van der Waals surface area contributed by atoms with E-state index in [4.69, 9.17) is 4.74 Å². The number of halogens is 3. The Morgan fingerprint density at radius 1 is 1.14 bits per heavy atom. The van der Waals surface area contributed by atoms with Gasteiger partial charge in [0.2, 0.25) is 10.0 Å². The van der Waals surface area contributed by atoms with Crippen molar-refractivity contribution in [3.8, 4) is 0 Å². The van der Waals surface area contributed by atoms with E-state index in [1.165, 1.54) is 6.92 Å². The number of rotatable bonds is 7. The van der Waals surface area contributed by atoms with Gasteiger partial charge in [-0.1, -0.05) is 0 Å². The maximum Gasteiger partial charge on any atom is 0.214 e. The molecule has 120 valence electrons. The van der Waals surface area contributed by atoms with Crippen LogP contribution in [0.25, 0.3) is 0 Å². The summed E-state index contributed by atoms with van der Waals surface area (Å²) >= 11 is 0. The largest absolute Gasteiger partial charge is 0.378 e. The van der Waals surface area contributed by atoms with Gasteiger partial charge in [-0.05, 0) is 38.5 Å². The minimum atomic E-state index is -3.67. The van der Waals surface area contributed by atoms with Gasteiger partial charge < -0.3 is 4.74 Å². The van der Waals surface area contributed by atoms with Gasteiger partial charge in [-0.2, -0.15) is 0 Å². The molecule has 0 bridgehead atoms. The van der Waals surface area contributed by atoms with E-state index in [9.17, 15) is 21.6 Å². The van der Waals surface area contributed by atoms with Crippen LogP contribution in [0.1, 0.15) is 32.4 Å². The Morgan fingerprint density at radius 2 is 1.67 bits per heavy atom. The fraction of sp³-hybridized carbons (Fsp3) is 0.538. The van der Waals surface area contributed by atoms with Crippen molar-refractivity contribution in [2.45, 2.75) is 32.9 Å². The molecule has 4 nitrogen and oxygen atoms in total. The number of benzene rings is 1. The van der Waals surface area contributed by atoms with Crippen LogP contribution in [-0.4, -0.2) is 26.9 Å². The van der Waals surface area contributed by atoms with Gasteiger partial charge in [-0.25, -0.2) is 26.3 Å². The summed E-state index contributed by atoms with van der Waals surface area (Å²) < 4.78 is 70.0. The van der Waals surface area contributed by atoms with Crippen molar-refractivity contribution >= 4 is 10.0 Å². The first kappa shape index (κ1) is 17.9. The molecule has 0 aliphatic heterocycles. The third kappa shape index (κ3) is 5.64. The molecule has 0 saturated carbocycles. The van der Waals surface area contributed by atoms with Crippen LogP contribution in [-0.2, 0) is 14.8 Å². The summed E-state index contributed by atoms with van der Waals surface area (Å²) in [4.78, 5) is 0. The molecule has 21 heavy (non-hydrogen) atoms. The van der Waals surface area contributed by atoms with Gasteiger partial charge >= 0.3 is 0 Å². The molecule has 1 N–H and O–H groups in total. The van der Waals surface area contributed by atoms with E-state index < -0.39 is 33.5 Å². The average Bonchev–Trinajstić information content (AvgIpc) is 2.33. The summed E-state index contributed by atoms with van der Waals surface area (Å²) in [6, 6.07) is 0.630. The lowest BCUT2D eigenvalue weighted by molar-refractivity contribution is 0.0911. The molecule has 0 aromatic heterocycles. The van der Waals surface area contributed by atoms with Crippen molar-refractivity contribution < 1.29 is 26.3 Å². The highest BCUT2D eigenvalue weighted by molar-refractivity contribution is 7.89. The number of nitrogens with one attached hydrogen (secondary N) is 1. The number of ether oxygens (including phenoxy) is 1. The number of sulfonamides is 1. The molecule has 0 radical (unpaired) electrons. The van der Waals surface area contributed by atoms with E-state index in [-0.39, 0.29) is 24.0 Å². The fourth-order valence-electron chi connectivity index (χ4n) is 1.61. The monoisotopic (exact) mass is 325 g/mol. The standard InChI is InChI=1S/C13H18F3NO3S/c1-8(2)20-4-5-21(18,19)17-9(3)10-6-11(14)13(16)12(15)7-10/h6-9,17H,4-5H2,1-3H3/t9-/m0/s1. The van der Waals surface area contributed by atoms with Crippen LogP contribution < -0.4 is 4.72 Å². The fourth-order valence-corrected chi connectivity index (χ4v) is 2.72. The lowest BCUT2D eigenvalue weighted by Gasteiger charge is -2.15. The van der Waals surface area contributed by atoms with Crippen LogP contribution in [0.2, 0.25) is 0 Å². The highest BCUT2D eigenvalue weighted by Crippen LogP contribution is 2.19. The third-order valence-corrected chi connectivity index (χ3v) is 4.08. The Hall–Kier alpha value is -1.12. The predicted octanol–water partition coefficient (Wildman–Crippen LogP) is 2.51. The van der Waals surface area contributed by atoms with Crippen LogP contribution in [0.5, 0.6) is 0 Å². The zero-order valence-corrected chi connectivity index (χ0v) is 12.8. The third-order valence-electron chi connectivity index (χ3n) is 2.67. The Morgan fingerprint density at radius 3 is 2.14 bits per heavy atom. The van der Waals surface area contributed by atoms with E-state index in [0.29, 0.717) is 0 Å². The van der Waals surface area contributed by atoms with Crippen LogP contribution in [0.4, 0.5) is 13.2 Å². The number of hydrogen-bond acceptors (Lipinski definition) is 3. The molecule has 0 aliphatic carbocycles. The Balaban J connectivity index is 2.74. The number of hydrogen-bond donors (Lipinski definition) is 1. The molecule has 1 atom stereocenters. The second-order valence-corrected chi connectivity index (χ2v) is 6.75. The van der Waals surface area contributed by atoms with Crippen molar-refractivity contribution in [2.75, 3.05) is 12.4 Å². The molecular formula is C13H18F3NO3S. The molecule has 0 aliphatic rings. The molecule has 8 heteroatoms. The van der Waals surface area contributed by atoms with Gasteiger partial charge in [0.1, 0.15) is 0 Å². The van der Waals surface area contributed by atoms with Crippen molar-refractivity contribution in [3.05, 3.63) is 35.1 Å². The zero-order valence-electron chi connectivity index (χ0n) is 12.0. The predicted molar refractivity (Wildman–Crippen MR) is 72.7 cm³/mol. The maximum atomic E-state index is 13.1. The molecule has 0 saturated heterocycles. The molecule has 1 aromatic carbocycles. The van der Waals surface area contributed by atoms with Crippen molar-refractivity contribution in [1.29, 1.82) is 0 Å². The van der Waals surface area contributed by atoms with Crippen LogP contribution in [0.15, 0.2) is 12.1 Å². The molecule has 1 aromatic rings. The van der Waals surface area contributed by atoms with E-state index >= 15 is 0 Å². The van der Waals surface area contributed by atoms with E-state index in [0.717, 1.165) is 12.1 Å². The van der Waals surface area contributed by atoms with Crippen LogP contribution >= 0.6 is 0 Å². The first-order valence-electron chi connectivity index (χ1n) is 6.38. The molecule has 0 heterocycles. The second kappa shape index (κ2) is 7.24. The Labute approximate surface area is 122 Å².